The lowest BCUT2D eigenvalue weighted by molar-refractivity contribution is -0.389. The zero-order valence-electron chi connectivity index (χ0n) is 21.0. The van der Waals surface area contributed by atoms with Crippen molar-refractivity contribution in [3.63, 3.8) is 0 Å². The van der Waals surface area contributed by atoms with Crippen molar-refractivity contribution >= 4 is 46.1 Å². The highest BCUT2D eigenvalue weighted by Gasteiger charge is 2.81. The number of nitriles is 1. The number of halogens is 13. The van der Waals surface area contributed by atoms with Crippen LogP contribution >= 0.6 is 22.9 Å². The number of hydrogen-bond donors (Lipinski definition) is 1. The van der Waals surface area contributed by atoms with Crippen LogP contribution in [0.2, 0.25) is 0 Å². The Bertz CT molecular complexity index is 1630. The first kappa shape index (κ1) is 34.5. The minimum absolute atomic E-state index is 0.0186. The van der Waals surface area contributed by atoms with Crippen molar-refractivity contribution in [2.24, 2.45) is 0 Å². The molecular weight excluding hydrogens is 741 g/mol. The average Bonchev–Trinajstić information content (AvgIpc) is 2.94. The van der Waals surface area contributed by atoms with Gasteiger partial charge in [-0.2, -0.15) is 53.6 Å². The molecule has 3 aromatic rings. The summed E-state index contributed by atoms with van der Waals surface area (Å²) in [6.45, 7) is 0. The summed E-state index contributed by atoms with van der Waals surface area (Å²) in [6, 6.07) is 10.3. The zero-order chi connectivity index (χ0) is 33.5. The number of benzene rings is 3. The van der Waals surface area contributed by atoms with Crippen LogP contribution in [-0.2, 0) is 11.8 Å². The molecule has 0 radical (unpaired) electrons. The second-order valence-corrected chi connectivity index (χ2v) is 9.74. The van der Waals surface area contributed by atoms with E-state index in [-0.39, 0.29) is 32.1 Å². The summed E-state index contributed by atoms with van der Waals surface area (Å²) < 4.78 is 163. The van der Waals surface area contributed by atoms with Crippen molar-refractivity contribution in [1.82, 2.24) is 0 Å². The molecule has 5 nitrogen and oxygen atoms in total. The maximum absolute atomic E-state index is 14.8. The fourth-order valence-corrected chi connectivity index (χ4v) is 4.45. The molecule has 0 aliphatic heterocycles. The van der Waals surface area contributed by atoms with E-state index < -0.39 is 70.4 Å². The molecule has 3 aromatic carbocycles. The van der Waals surface area contributed by atoms with Crippen LogP contribution in [0.4, 0.5) is 64.1 Å². The largest absolute Gasteiger partial charge is 0.457 e. The van der Waals surface area contributed by atoms with Crippen LogP contribution in [0.3, 0.4) is 0 Å². The first-order chi connectivity index (χ1) is 20.1. The Kier molecular flexibility index (Phi) is 9.26. The Hall–Kier alpha value is -4.02. The Morgan fingerprint density at radius 1 is 0.750 bits per heavy atom. The number of anilines is 2. The second-order valence-electron chi connectivity index (χ2n) is 8.77. The van der Waals surface area contributed by atoms with Gasteiger partial charge in [-0.05, 0) is 48.5 Å². The number of amides is 2. The fourth-order valence-electron chi connectivity index (χ4n) is 3.75. The van der Waals surface area contributed by atoms with Gasteiger partial charge in [0.1, 0.15) is 0 Å². The molecule has 0 aliphatic rings. The smallest absolute Gasteiger partial charge is 0.322 e. The first-order valence-electron chi connectivity index (χ1n) is 11.4. The monoisotopic (exact) mass is 753 g/mol. The van der Waals surface area contributed by atoms with Gasteiger partial charge >= 0.3 is 30.1 Å². The van der Waals surface area contributed by atoms with Gasteiger partial charge in [0.25, 0.3) is 11.8 Å². The molecule has 0 bridgehead atoms. The Morgan fingerprint density at radius 3 is 1.89 bits per heavy atom. The number of nitrogens with one attached hydrogen (secondary N) is 1. The highest BCUT2D eigenvalue weighted by molar-refractivity contribution is 14.1. The number of alkyl halides is 12. The summed E-state index contributed by atoms with van der Waals surface area (Å²) in [5.41, 5.74) is -13.4. The van der Waals surface area contributed by atoms with E-state index in [0.29, 0.717) is 0 Å². The Morgan fingerprint density at radius 2 is 1.34 bits per heavy atom. The van der Waals surface area contributed by atoms with Crippen molar-refractivity contribution in [1.29, 1.82) is 5.26 Å². The predicted molar refractivity (Wildman–Crippen MR) is 138 cm³/mol. The molecule has 2 amide bonds. The molecule has 3 rings (SSSR count). The molecule has 0 heterocycles. The Balaban J connectivity index is 2.04. The summed E-state index contributed by atoms with van der Waals surface area (Å²) >= 11 is 0.956. The predicted octanol–water partition coefficient (Wildman–Crippen LogP) is 8.75. The van der Waals surface area contributed by atoms with Gasteiger partial charge in [0.05, 0.1) is 45.7 Å². The van der Waals surface area contributed by atoms with Crippen LogP contribution in [-0.4, -0.2) is 30.1 Å². The lowest BCUT2D eigenvalue weighted by atomic mass is 9.86. The van der Waals surface area contributed by atoms with E-state index >= 15 is 0 Å². The molecule has 18 heteroatoms. The SMILES string of the molecule is N#Cc1cccc(C(=O)Nc2cccc(C(=O)N(I)c3ccc(C(F)(C(F)(F)F)C(F)(F)C(F)(F)F)cc3C(F)(F)F)c2)c1. The Labute approximate surface area is 252 Å². The van der Waals surface area contributed by atoms with E-state index in [2.05, 4.69) is 5.32 Å². The first-order valence-corrected chi connectivity index (χ1v) is 12.4. The van der Waals surface area contributed by atoms with Gasteiger partial charge in [-0.25, -0.2) is 7.50 Å². The highest BCUT2D eigenvalue weighted by Crippen LogP contribution is 2.59. The van der Waals surface area contributed by atoms with Crippen LogP contribution in [0.25, 0.3) is 0 Å². The third-order valence-electron chi connectivity index (χ3n) is 5.89. The van der Waals surface area contributed by atoms with Crippen molar-refractivity contribution < 1.29 is 62.3 Å². The maximum Gasteiger partial charge on any atom is 0.457 e. The summed E-state index contributed by atoms with van der Waals surface area (Å²) in [4.78, 5) is 25.5. The zero-order valence-corrected chi connectivity index (χ0v) is 23.1. The van der Waals surface area contributed by atoms with Gasteiger partial charge in [-0.3, -0.25) is 9.59 Å². The summed E-state index contributed by atoms with van der Waals surface area (Å²) in [5, 5.41) is 11.3. The molecule has 1 unspecified atom stereocenters. The lowest BCUT2D eigenvalue weighted by Crippen LogP contribution is -2.59. The van der Waals surface area contributed by atoms with E-state index in [0.717, 1.165) is 35.0 Å². The fraction of sp³-hybridized carbons (Fsp3) is 0.192. The van der Waals surface area contributed by atoms with Crippen LogP contribution < -0.4 is 8.43 Å². The van der Waals surface area contributed by atoms with Crippen LogP contribution in [0.1, 0.15) is 37.4 Å². The number of carbonyl (C=O) groups excluding carboxylic acids is 2. The van der Waals surface area contributed by atoms with Crippen molar-refractivity contribution in [2.45, 2.75) is 30.1 Å². The van der Waals surface area contributed by atoms with Gasteiger partial charge in [0, 0.05) is 22.4 Å². The third-order valence-corrected chi connectivity index (χ3v) is 6.85. The van der Waals surface area contributed by atoms with Crippen molar-refractivity contribution in [3.8, 4) is 6.07 Å². The highest BCUT2D eigenvalue weighted by atomic mass is 127. The molecule has 44 heavy (non-hydrogen) atoms. The molecular formula is C26H12F12IN3O2. The minimum atomic E-state index is -7.22. The van der Waals surface area contributed by atoms with E-state index in [9.17, 15) is 62.3 Å². The van der Waals surface area contributed by atoms with Gasteiger partial charge < -0.3 is 5.32 Å². The van der Waals surface area contributed by atoms with Crippen LogP contribution in [0, 0.1) is 11.3 Å². The summed E-state index contributed by atoms with van der Waals surface area (Å²) in [6.07, 6.45) is -20.0. The van der Waals surface area contributed by atoms with Gasteiger partial charge in [-0.1, -0.05) is 18.2 Å². The van der Waals surface area contributed by atoms with Crippen LogP contribution in [0.5, 0.6) is 0 Å². The molecule has 0 fully saturated rings. The quantitative estimate of drug-likeness (QED) is 0.156. The molecule has 0 aromatic heterocycles. The van der Waals surface area contributed by atoms with Gasteiger partial charge in [0.15, 0.2) is 0 Å². The average molecular weight is 753 g/mol. The minimum Gasteiger partial charge on any atom is -0.322 e. The normalized spacial score (nSPS) is 13.9. The molecule has 234 valence electrons. The van der Waals surface area contributed by atoms with E-state index in [1.165, 1.54) is 36.4 Å². The van der Waals surface area contributed by atoms with Gasteiger partial charge in [-0.15, -0.1) is 0 Å². The summed E-state index contributed by atoms with van der Waals surface area (Å²) in [5.74, 6) is -9.30. The molecule has 0 aliphatic carbocycles. The third kappa shape index (κ3) is 6.42. The molecule has 0 spiro atoms. The second kappa shape index (κ2) is 11.8. The van der Waals surface area contributed by atoms with Crippen molar-refractivity contribution in [2.75, 3.05) is 8.43 Å². The maximum atomic E-state index is 14.8. The number of rotatable bonds is 6. The van der Waals surface area contributed by atoms with E-state index in [1.54, 1.807) is 0 Å². The lowest BCUT2D eigenvalue weighted by Gasteiger charge is -2.36. The summed E-state index contributed by atoms with van der Waals surface area (Å²) in [7, 11) is 0. The molecule has 0 saturated carbocycles. The topological polar surface area (TPSA) is 73.2 Å². The number of nitrogens with zero attached hydrogens (tertiary/aromatic N) is 2. The number of hydrogen-bond acceptors (Lipinski definition) is 3. The van der Waals surface area contributed by atoms with E-state index in [4.69, 9.17) is 5.26 Å². The molecule has 1 N–H and O–H groups in total. The van der Waals surface area contributed by atoms with Crippen LogP contribution in [0.15, 0.2) is 66.7 Å². The standard InChI is InChI=1S/C26H12F12IN3O2/c27-22(25(33,34)35,24(31,32)26(36,37)38)16-7-8-19(18(11-16)23(28,29)30)42(39)21(44)15-5-2-6-17(10-15)41-20(43)14-4-1-3-13(9-14)12-40/h1-11H,(H,41,43). The van der Waals surface area contributed by atoms with Crippen molar-refractivity contribution in [3.05, 3.63) is 94.5 Å². The van der Waals surface area contributed by atoms with E-state index in [1.807, 2.05) is 6.07 Å². The molecule has 1 atom stereocenters. The molecule has 0 saturated heterocycles. The van der Waals surface area contributed by atoms with Gasteiger partial charge in [0.2, 0.25) is 0 Å². The number of carbonyl (C=O) groups is 2.